The Labute approximate surface area is 200 Å². The highest BCUT2D eigenvalue weighted by Gasteiger charge is 1.98. The van der Waals surface area contributed by atoms with Crippen LogP contribution in [0.4, 0.5) is 11.4 Å². The van der Waals surface area contributed by atoms with Gasteiger partial charge in [-0.2, -0.15) is 0 Å². The fraction of sp³-hybridized carbons (Fsp3) is 0.182. The van der Waals surface area contributed by atoms with Gasteiger partial charge in [0, 0.05) is 38.0 Å². The Kier molecular flexibility index (Phi) is 14.9. The molecule has 2 rings (SSSR count). The molecule has 0 spiro atoms. The summed E-state index contributed by atoms with van der Waals surface area (Å²) < 4.78 is 10.0. The Morgan fingerprint density at radius 1 is 0.968 bits per heavy atom. The second kappa shape index (κ2) is 16.2. The molecule has 0 aromatic heterocycles. The molecule has 0 aliphatic carbocycles. The molecule has 0 amide bonds. The minimum absolute atomic E-state index is 0.355. The van der Waals surface area contributed by atoms with Crippen molar-refractivity contribution in [3.63, 3.8) is 0 Å². The van der Waals surface area contributed by atoms with Gasteiger partial charge < -0.3 is 20.9 Å². The highest BCUT2D eigenvalue weighted by molar-refractivity contribution is 9.10. The van der Waals surface area contributed by atoms with Gasteiger partial charge in [0.2, 0.25) is 0 Å². The number of carbonyl (C=O) groups excluding carboxylic acids is 2. The number of hydrogen-bond acceptors (Lipinski definition) is 6. The molecule has 6 nitrogen and oxygen atoms in total. The van der Waals surface area contributed by atoms with Crippen LogP contribution in [0.3, 0.4) is 0 Å². The van der Waals surface area contributed by atoms with Gasteiger partial charge in [-0.05, 0) is 77.8 Å². The molecule has 9 heteroatoms. The average molecular weight is 532 g/mol. The van der Waals surface area contributed by atoms with Crippen molar-refractivity contribution in [3.05, 3.63) is 75.2 Å². The zero-order valence-corrected chi connectivity index (χ0v) is 20.3. The minimum atomic E-state index is -0.392. The lowest BCUT2D eigenvalue weighted by Gasteiger charge is -2.00. The molecule has 31 heavy (non-hydrogen) atoms. The van der Waals surface area contributed by atoms with Crippen molar-refractivity contribution in [1.82, 2.24) is 0 Å². The molecule has 0 atom stereocenters. The summed E-state index contributed by atoms with van der Waals surface area (Å²) in [5.41, 5.74) is 13.2. The Balaban J connectivity index is 0.000000479. The molecule has 0 aliphatic rings. The van der Waals surface area contributed by atoms with Crippen LogP contribution in [0, 0.1) is 0 Å². The maximum absolute atomic E-state index is 11.0. The minimum Gasteiger partial charge on any atom is -0.463 e. The van der Waals surface area contributed by atoms with Gasteiger partial charge in [-0.15, -0.1) is 0 Å². The van der Waals surface area contributed by atoms with E-state index in [0.717, 1.165) is 10.5 Å². The summed E-state index contributed by atoms with van der Waals surface area (Å²) in [5.74, 6) is -0.751. The second-order valence-electron chi connectivity index (χ2n) is 5.48. The van der Waals surface area contributed by atoms with Crippen LogP contribution in [-0.4, -0.2) is 25.2 Å². The van der Waals surface area contributed by atoms with Crippen molar-refractivity contribution >= 4 is 68.5 Å². The Morgan fingerprint density at radius 2 is 1.48 bits per heavy atom. The number of benzene rings is 2. The molecule has 0 bridgehead atoms. The first kappa shape index (κ1) is 28.5. The lowest BCUT2D eigenvalue weighted by molar-refractivity contribution is -0.138. The zero-order chi connectivity index (χ0) is 23.8. The first-order chi connectivity index (χ1) is 14.6. The third-order valence-corrected chi connectivity index (χ3v) is 4.31. The van der Waals surface area contributed by atoms with E-state index >= 15 is 0 Å². The normalized spacial score (nSPS) is 9.58. The quantitative estimate of drug-likeness (QED) is 0.282. The molecule has 0 saturated carbocycles. The van der Waals surface area contributed by atoms with E-state index < -0.39 is 5.97 Å². The number of ether oxygens (including phenoxy) is 2. The second-order valence-corrected chi connectivity index (χ2v) is 7.21. The molecule has 0 unspecified atom stereocenters. The van der Waals surface area contributed by atoms with Crippen LogP contribution >= 0.6 is 39.1 Å². The van der Waals surface area contributed by atoms with E-state index in [1.165, 1.54) is 6.08 Å². The van der Waals surface area contributed by atoms with Gasteiger partial charge in [0.15, 0.2) is 0 Å². The highest BCUT2D eigenvalue weighted by atomic mass is 79.9. The largest absolute Gasteiger partial charge is 0.463 e. The molecule has 168 valence electrons. The van der Waals surface area contributed by atoms with Crippen molar-refractivity contribution in [2.45, 2.75) is 13.8 Å². The number of nitrogens with two attached hydrogens (primary N) is 2. The first-order valence-corrected chi connectivity index (χ1v) is 10.6. The number of hydrogen-bond donors (Lipinski definition) is 2. The van der Waals surface area contributed by atoms with E-state index in [9.17, 15) is 9.59 Å². The van der Waals surface area contributed by atoms with E-state index in [-0.39, 0.29) is 5.97 Å². The molecular weight excluding hydrogens is 507 g/mol. The van der Waals surface area contributed by atoms with Crippen molar-refractivity contribution in [1.29, 1.82) is 0 Å². The zero-order valence-electron chi connectivity index (χ0n) is 17.2. The molecule has 0 radical (unpaired) electrons. The molecule has 0 aliphatic heterocycles. The lowest BCUT2D eigenvalue weighted by atomic mass is 10.1. The van der Waals surface area contributed by atoms with Gasteiger partial charge in [-0.25, -0.2) is 9.59 Å². The van der Waals surface area contributed by atoms with Crippen LogP contribution in [0.25, 0.3) is 6.08 Å². The SMILES string of the molecule is C=CC(=O)OCC.CCOC(=O)/C=C/c1cc(Cl)ccc1N.Nc1ccc(Cl)cc1Br. The topological polar surface area (TPSA) is 105 Å². The molecule has 0 saturated heterocycles. The number of halogens is 3. The van der Waals surface area contributed by atoms with Crippen LogP contribution in [0.5, 0.6) is 0 Å². The monoisotopic (exact) mass is 530 g/mol. The summed E-state index contributed by atoms with van der Waals surface area (Å²) in [6.45, 7) is 7.48. The number of anilines is 2. The van der Waals surface area contributed by atoms with Crippen molar-refractivity contribution in [2.75, 3.05) is 24.7 Å². The standard InChI is InChI=1S/C11H12ClNO2.C6H5BrClN.C5H8O2/c1-2-15-11(14)6-3-8-7-9(12)4-5-10(8)13;7-5-3-4(8)1-2-6(5)9;1-3-5(6)7-4-2/h3-7H,2,13H2,1H3;1-3H,9H2;3H,1,4H2,2H3/b6-3+;;. The Hall–Kier alpha value is -2.48. The fourth-order valence-corrected chi connectivity index (χ4v) is 2.60. The van der Waals surface area contributed by atoms with Gasteiger partial charge in [-0.3, -0.25) is 0 Å². The van der Waals surface area contributed by atoms with E-state index in [0.29, 0.717) is 40.2 Å². The summed E-state index contributed by atoms with van der Waals surface area (Å²) in [6.07, 6.45) is 4.05. The smallest absolute Gasteiger partial charge is 0.330 e. The van der Waals surface area contributed by atoms with Gasteiger partial charge in [-0.1, -0.05) is 29.8 Å². The lowest BCUT2D eigenvalue weighted by Crippen LogP contribution is -1.99. The Bertz CT molecular complexity index is 905. The Morgan fingerprint density at radius 3 is 1.94 bits per heavy atom. The molecule has 0 fully saturated rings. The first-order valence-electron chi connectivity index (χ1n) is 9.04. The van der Waals surface area contributed by atoms with Gasteiger partial charge in [0.05, 0.1) is 13.2 Å². The van der Waals surface area contributed by atoms with E-state index in [1.54, 1.807) is 56.3 Å². The van der Waals surface area contributed by atoms with Crippen molar-refractivity contribution < 1.29 is 19.1 Å². The summed E-state index contributed by atoms with van der Waals surface area (Å²) in [6, 6.07) is 10.3. The van der Waals surface area contributed by atoms with Crippen LogP contribution in [-0.2, 0) is 19.1 Å². The number of nitrogen functional groups attached to an aromatic ring is 2. The van der Waals surface area contributed by atoms with Crippen molar-refractivity contribution in [3.8, 4) is 0 Å². The van der Waals surface area contributed by atoms with E-state index in [4.69, 9.17) is 39.4 Å². The number of rotatable bonds is 5. The molecule has 2 aromatic carbocycles. The summed E-state index contributed by atoms with van der Waals surface area (Å²) >= 11 is 14.7. The maximum Gasteiger partial charge on any atom is 0.330 e. The molecular formula is C22H25BrCl2N2O4. The molecule has 2 aromatic rings. The van der Waals surface area contributed by atoms with Gasteiger partial charge >= 0.3 is 11.9 Å². The molecule has 4 N–H and O–H groups in total. The van der Waals surface area contributed by atoms with Crippen LogP contribution in [0.15, 0.2) is 59.6 Å². The van der Waals surface area contributed by atoms with Crippen molar-refractivity contribution in [2.24, 2.45) is 0 Å². The van der Waals surface area contributed by atoms with Crippen LogP contribution < -0.4 is 11.5 Å². The third-order valence-electron chi connectivity index (χ3n) is 3.15. The number of esters is 2. The predicted molar refractivity (Wildman–Crippen MR) is 132 cm³/mol. The average Bonchev–Trinajstić information content (AvgIpc) is 2.73. The maximum atomic E-state index is 11.0. The van der Waals surface area contributed by atoms with Gasteiger partial charge in [0.1, 0.15) is 0 Å². The fourth-order valence-electron chi connectivity index (χ4n) is 1.74. The molecule has 0 heterocycles. The summed E-state index contributed by atoms with van der Waals surface area (Å²) in [4.78, 5) is 21.1. The van der Waals surface area contributed by atoms with E-state index in [2.05, 4.69) is 27.2 Å². The predicted octanol–water partition coefficient (Wildman–Crippen LogP) is 5.92. The van der Waals surface area contributed by atoms with Crippen LogP contribution in [0.1, 0.15) is 19.4 Å². The third kappa shape index (κ3) is 13.4. The van der Waals surface area contributed by atoms with Gasteiger partial charge in [0.25, 0.3) is 0 Å². The highest BCUT2D eigenvalue weighted by Crippen LogP contribution is 2.22. The van der Waals surface area contributed by atoms with Crippen LogP contribution in [0.2, 0.25) is 10.0 Å². The number of carbonyl (C=O) groups is 2. The van der Waals surface area contributed by atoms with E-state index in [1.807, 2.05) is 0 Å². The summed E-state index contributed by atoms with van der Waals surface area (Å²) in [5, 5.41) is 1.27. The summed E-state index contributed by atoms with van der Waals surface area (Å²) in [7, 11) is 0.